The van der Waals surface area contributed by atoms with Gasteiger partial charge in [-0.15, -0.1) is 0 Å². The summed E-state index contributed by atoms with van der Waals surface area (Å²) in [5.74, 6) is 1.13. The molecule has 2 aromatic heterocycles. The predicted molar refractivity (Wildman–Crippen MR) is 75.9 cm³/mol. The Morgan fingerprint density at radius 3 is 2.89 bits per heavy atom. The standard InChI is InChI=1S/C12H12BrN5O/c1-14-10-8(13)4-7-5-15-12(17-9(7)16-10)18-11(19)6-2-3-6/h4-6H,2-3H2,1H3,(H2,14,15,16,17,18,19). The first kappa shape index (κ1) is 12.3. The fourth-order valence-electron chi connectivity index (χ4n) is 1.73. The summed E-state index contributed by atoms with van der Waals surface area (Å²) in [6, 6.07) is 1.89. The highest BCUT2D eigenvalue weighted by molar-refractivity contribution is 9.10. The maximum atomic E-state index is 11.7. The highest BCUT2D eigenvalue weighted by Gasteiger charge is 2.30. The number of nitrogens with zero attached hydrogens (tertiary/aromatic N) is 3. The van der Waals surface area contributed by atoms with Gasteiger partial charge in [-0.3, -0.25) is 10.1 Å². The lowest BCUT2D eigenvalue weighted by molar-refractivity contribution is -0.117. The van der Waals surface area contributed by atoms with Gasteiger partial charge in [-0.1, -0.05) is 0 Å². The van der Waals surface area contributed by atoms with Gasteiger partial charge in [0.25, 0.3) is 0 Å². The van der Waals surface area contributed by atoms with Crippen LogP contribution in [-0.4, -0.2) is 27.9 Å². The summed E-state index contributed by atoms with van der Waals surface area (Å²) in [6.45, 7) is 0. The lowest BCUT2D eigenvalue weighted by Crippen LogP contribution is -2.15. The average Bonchev–Trinajstić information content (AvgIpc) is 3.22. The Morgan fingerprint density at radius 2 is 2.21 bits per heavy atom. The topological polar surface area (TPSA) is 79.8 Å². The van der Waals surface area contributed by atoms with Crippen LogP contribution in [0.5, 0.6) is 0 Å². The molecule has 0 unspecified atom stereocenters. The molecule has 0 spiro atoms. The number of anilines is 2. The third-order valence-electron chi connectivity index (χ3n) is 2.94. The molecule has 19 heavy (non-hydrogen) atoms. The van der Waals surface area contributed by atoms with Crippen molar-refractivity contribution in [2.75, 3.05) is 17.7 Å². The Hall–Kier alpha value is -1.76. The first-order chi connectivity index (χ1) is 9.17. The minimum atomic E-state index is -0.00898. The highest BCUT2D eigenvalue weighted by atomic mass is 79.9. The molecule has 1 fully saturated rings. The third kappa shape index (κ3) is 2.51. The quantitative estimate of drug-likeness (QED) is 0.905. The van der Waals surface area contributed by atoms with Crippen molar-refractivity contribution in [2.24, 2.45) is 5.92 Å². The van der Waals surface area contributed by atoms with Crippen LogP contribution < -0.4 is 10.6 Å². The van der Waals surface area contributed by atoms with E-state index >= 15 is 0 Å². The smallest absolute Gasteiger partial charge is 0.231 e. The van der Waals surface area contributed by atoms with Crippen LogP contribution in [0.2, 0.25) is 0 Å². The van der Waals surface area contributed by atoms with Crippen LogP contribution in [0.1, 0.15) is 12.8 Å². The highest BCUT2D eigenvalue weighted by Crippen LogP contribution is 2.30. The lowest BCUT2D eigenvalue weighted by Gasteiger charge is -2.06. The number of carbonyl (C=O) groups is 1. The van der Waals surface area contributed by atoms with Gasteiger partial charge in [0, 0.05) is 24.5 Å². The number of nitrogens with one attached hydrogen (secondary N) is 2. The number of carbonyl (C=O) groups excluding carboxylic acids is 1. The maximum Gasteiger partial charge on any atom is 0.231 e. The van der Waals surface area contributed by atoms with Crippen molar-refractivity contribution in [1.29, 1.82) is 0 Å². The van der Waals surface area contributed by atoms with Crippen molar-refractivity contribution in [1.82, 2.24) is 15.0 Å². The van der Waals surface area contributed by atoms with Crippen LogP contribution in [0.3, 0.4) is 0 Å². The van der Waals surface area contributed by atoms with Gasteiger partial charge >= 0.3 is 0 Å². The van der Waals surface area contributed by atoms with E-state index in [0.29, 0.717) is 17.4 Å². The zero-order valence-corrected chi connectivity index (χ0v) is 11.9. The van der Waals surface area contributed by atoms with Gasteiger partial charge < -0.3 is 5.32 Å². The van der Waals surface area contributed by atoms with Gasteiger partial charge in [-0.2, -0.15) is 4.98 Å². The molecule has 0 atom stereocenters. The van der Waals surface area contributed by atoms with E-state index in [0.717, 1.165) is 22.7 Å². The number of pyridine rings is 1. The minimum absolute atomic E-state index is 0.00898. The molecule has 3 rings (SSSR count). The summed E-state index contributed by atoms with van der Waals surface area (Å²) in [7, 11) is 1.79. The van der Waals surface area contributed by atoms with Crippen molar-refractivity contribution < 1.29 is 4.79 Å². The van der Waals surface area contributed by atoms with Gasteiger partial charge in [0.15, 0.2) is 5.65 Å². The summed E-state index contributed by atoms with van der Waals surface area (Å²) in [5.41, 5.74) is 0.550. The van der Waals surface area contributed by atoms with E-state index in [-0.39, 0.29) is 11.8 Å². The van der Waals surface area contributed by atoms with Crippen LogP contribution in [0.4, 0.5) is 11.8 Å². The van der Waals surface area contributed by atoms with Crippen molar-refractivity contribution in [3.63, 3.8) is 0 Å². The molecule has 2 heterocycles. The molecular weight excluding hydrogens is 310 g/mol. The fourth-order valence-corrected chi connectivity index (χ4v) is 2.26. The van der Waals surface area contributed by atoms with Gasteiger partial charge in [-0.05, 0) is 34.8 Å². The summed E-state index contributed by atoms with van der Waals surface area (Å²) >= 11 is 3.41. The van der Waals surface area contributed by atoms with E-state index in [1.165, 1.54) is 0 Å². The first-order valence-corrected chi connectivity index (χ1v) is 6.78. The molecule has 2 aromatic rings. The number of halogens is 1. The summed E-state index contributed by atoms with van der Waals surface area (Å²) in [5, 5.41) is 6.50. The van der Waals surface area contributed by atoms with E-state index in [9.17, 15) is 4.79 Å². The van der Waals surface area contributed by atoms with Gasteiger partial charge in [0.2, 0.25) is 11.9 Å². The van der Waals surface area contributed by atoms with Crippen LogP contribution >= 0.6 is 15.9 Å². The molecule has 0 aromatic carbocycles. The molecule has 98 valence electrons. The van der Waals surface area contributed by atoms with Gasteiger partial charge in [0.1, 0.15) is 5.82 Å². The lowest BCUT2D eigenvalue weighted by atomic mass is 10.3. The summed E-state index contributed by atoms with van der Waals surface area (Å²) in [4.78, 5) is 24.4. The Morgan fingerprint density at radius 1 is 1.42 bits per heavy atom. The Bertz CT molecular complexity index is 656. The average molecular weight is 322 g/mol. The van der Waals surface area contributed by atoms with Gasteiger partial charge in [0.05, 0.1) is 4.47 Å². The van der Waals surface area contributed by atoms with E-state index in [1.54, 1.807) is 13.2 Å². The zero-order chi connectivity index (χ0) is 13.4. The Balaban J connectivity index is 1.94. The fraction of sp³-hybridized carbons (Fsp3) is 0.333. The molecule has 0 radical (unpaired) electrons. The number of hydrogen-bond acceptors (Lipinski definition) is 5. The van der Waals surface area contributed by atoms with Crippen LogP contribution in [0.25, 0.3) is 11.0 Å². The Kier molecular flexibility index (Phi) is 3.06. The molecule has 0 bridgehead atoms. The molecule has 1 saturated carbocycles. The normalized spacial score (nSPS) is 14.4. The maximum absolute atomic E-state index is 11.7. The largest absolute Gasteiger partial charge is 0.372 e. The number of rotatable bonds is 3. The predicted octanol–water partition coefficient (Wildman–Crippen LogP) is 2.18. The van der Waals surface area contributed by atoms with Crippen molar-refractivity contribution in [3.8, 4) is 0 Å². The number of hydrogen-bond donors (Lipinski definition) is 2. The van der Waals surface area contributed by atoms with Crippen molar-refractivity contribution >= 4 is 44.6 Å². The molecule has 0 saturated heterocycles. The monoisotopic (exact) mass is 321 g/mol. The van der Waals surface area contributed by atoms with Crippen molar-refractivity contribution in [3.05, 3.63) is 16.7 Å². The third-order valence-corrected chi connectivity index (χ3v) is 3.55. The van der Waals surface area contributed by atoms with Crippen LogP contribution in [0, 0.1) is 5.92 Å². The second-order valence-corrected chi connectivity index (χ2v) is 5.29. The second-order valence-electron chi connectivity index (χ2n) is 4.44. The van der Waals surface area contributed by atoms with Crippen LogP contribution in [0.15, 0.2) is 16.7 Å². The van der Waals surface area contributed by atoms with E-state index < -0.39 is 0 Å². The molecule has 0 aliphatic heterocycles. The summed E-state index contributed by atoms with van der Waals surface area (Å²) < 4.78 is 0.848. The molecule has 2 N–H and O–H groups in total. The number of amides is 1. The zero-order valence-electron chi connectivity index (χ0n) is 10.3. The molecule has 1 amide bonds. The van der Waals surface area contributed by atoms with E-state index in [1.807, 2.05) is 6.07 Å². The molecule has 1 aliphatic carbocycles. The van der Waals surface area contributed by atoms with E-state index in [4.69, 9.17) is 0 Å². The van der Waals surface area contributed by atoms with Crippen LogP contribution in [-0.2, 0) is 4.79 Å². The molecule has 6 nitrogen and oxygen atoms in total. The minimum Gasteiger partial charge on any atom is -0.372 e. The SMILES string of the molecule is CNc1nc2nc(NC(=O)C3CC3)ncc2cc1Br. The first-order valence-electron chi connectivity index (χ1n) is 5.99. The Labute approximate surface area is 118 Å². The van der Waals surface area contributed by atoms with Crippen molar-refractivity contribution in [2.45, 2.75) is 12.8 Å². The number of aromatic nitrogens is 3. The molecule has 7 heteroatoms. The molecular formula is C12H12BrN5O. The number of fused-ring (bicyclic) bond motifs is 1. The van der Waals surface area contributed by atoms with Gasteiger partial charge in [-0.25, -0.2) is 9.97 Å². The van der Waals surface area contributed by atoms with E-state index in [2.05, 4.69) is 41.5 Å². The summed E-state index contributed by atoms with van der Waals surface area (Å²) in [6.07, 6.45) is 3.56. The second kappa shape index (κ2) is 4.73. The molecule has 1 aliphatic rings.